The molecular formula is C18H27NO. The summed E-state index contributed by atoms with van der Waals surface area (Å²) in [6, 6.07) is 7.07. The van der Waals surface area contributed by atoms with Crippen molar-refractivity contribution in [1.82, 2.24) is 5.32 Å². The van der Waals surface area contributed by atoms with E-state index in [0.717, 1.165) is 30.6 Å². The SMILES string of the molecule is CCNC1CC2(CC(C(C)C)C2)Oc2ccc(C)cc21. The molecule has 0 amide bonds. The molecule has 20 heavy (non-hydrogen) atoms. The monoisotopic (exact) mass is 273 g/mol. The molecule has 1 N–H and O–H groups in total. The molecular weight excluding hydrogens is 246 g/mol. The maximum Gasteiger partial charge on any atom is 0.124 e. The second-order valence-electron chi connectivity index (χ2n) is 7.05. The van der Waals surface area contributed by atoms with Gasteiger partial charge in [0.1, 0.15) is 11.4 Å². The highest BCUT2D eigenvalue weighted by atomic mass is 16.5. The quantitative estimate of drug-likeness (QED) is 0.889. The minimum atomic E-state index is 0.101. The van der Waals surface area contributed by atoms with Crippen molar-refractivity contribution < 1.29 is 4.74 Å². The van der Waals surface area contributed by atoms with E-state index in [2.05, 4.69) is 51.2 Å². The number of nitrogens with one attached hydrogen (secondary N) is 1. The summed E-state index contributed by atoms with van der Waals surface area (Å²) < 4.78 is 6.43. The lowest BCUT2D eigenvalue weighted by Gasteiger charge is -2.53. The molecule has 1 fully saturated rings. The molecule has 3 rings (SSSR count). The van der Waals surface area contributed by atoms with Crippen molar-refractivity contribution in [1.29, 1.82) is 0 Å². The number of fused-ring (bicyclic) bond motifs is 1. The second-order valence-corrected chi connectivity index (χ2v) is 7.05. The number of hydrogen-bond donors (Lipinski definition) is 1. The highest BCUT2D eigenvalue weighted by Gasteiger charge is 2.51. The van der Waals surface area contributed by atoms with Gasteiger partial charge in [0.2, 0.25) is 0 Å². The average molecular weight is 273 g/mol. The third kappa shape index (κ3) is 2.35. The van der Waals surface area contributed by atoms with Crippen molar-refractivity contribution in [2.75, 3.05) is 6.54 Å². The van der Waals surface area contributed by atoms with Crippen LogP contribution in [-0.4, -0.2) is 12.1 Å². The predicted molar refractivity (Wildman–Crippen MR) is 83.1 cm³/mol. The van der Waals surface area contributed by atoms with E-state index in [1.54, 1.807) is 0 Å². The van der Waals surface area contributed by atoms with Gasteiger partial charge in [-0.05, 0) is 44.2 Å². The second kappa shape index (κ2) is 5.07. The lowest BCUT2D eigenvalue weighted by atomic mass is 9.62. The van der Waals surface area contributed by atoms with Crippen molar-refractivity contribution in [3.63, 3.8) is 0 Å². The molecule has 0 bridgehead atoms. The maximum absolute atomic E-state index is 6.43. The largest absolute Gasteiger partial charge is 0.487 e. The first-order valence-electron chi connectivity index (χ1n) is 8.06. The van der Waals surface area contributed by atoms with E-state index in [0.29, 0.717) is 6.04 Å². The number of hydrogen-bond acceptors (Lipinski definition) is 2. The minimum absolute atomic E-state index is 0.101. The van der Waals surface area contributed by atoms with Gasteiger partial charge in [-0.15, -0.1) is 0 Å². The van der Waals surface area contributed by atoms with Gasteiger partial charge < -0.3 is 10.1 Å². The van der Waals surface area contributed by atoms with E-state index in [9.17, 15) is 0 Å². The van der Waals surface area contributed by atoms with Crippen molar-refractivity contribution in [2.24, 2.45) is 11.8 Å². The van der Waals surface area contributed by atoms with E-state index < -0.39 is 0 Å². The molecule has 110 valence electrons. The fourth-order valence-corrected chi connectivity index (χ4v) is 3.84. The number of aryl methyl sites for hydroxylation is 1. The summed E-state index contributed by atoms with van der Waals surface area (Å²) in [7, 11) is 0. The average Bonchev–Trinajstić information content (AvgIpc) is 2.36. The standard InChI is InChI=1S/C18H27NO/c1-5-19-16-11-18(9-14(10-18)12(2)3)20-17-7-6-13(4)8-15(16)17/h6-8,12,14,16,19H,5,9-11H2,1-4H3. The van der Waals surface area contributed by atoms with E-state index in [1.807, 2.05) is 0 Å². The Hall–Kier alpha value is -1.02. The van der Waals surface area contributed by atoms with Crippen LogP contribution in [0.25, 0.3) is 0 Å². The Morgan fingerprint density at radius 1 is 1.30 bits per heavy atom. The summed E-state index contributed by atoms with van der Waals surface area (Å²) in [4.78, 5) is 0. The van der Waals surface area contributed by atoms with Gasteiger partial charge in [0, 0.05) is 18.0 Å². The van der Waals surface area contributed by atoms with Gasteiger partial charge >= 0.3 is 0 Å². The van der Waals surface area contributed by atoms with E-state index in [4.69, 9.17) is 4.74 Å². The Morgan fingerprint density at radius 3 is 2.70 bits per heavy atom. The molecule has 1 saturated carbocycles. The van der Waals surface area contributed by atoms with Crippen LogP contribution in [0.3, 0.4) is 0 Å². The number of ether oxygens (including phenoxy) is 1. The minimum Gasteiger partial charge on any atom is -0.487 e. The van der Waals surface area contributed by atoms with Crippen molar-refractivity contribution in [2.45, 2.75) is 58.6 Å². The molecule has 1 aromatic rings. The van der Waals surface area contributed by atoms with Gasteiger partial charge in [-0.1, -0.05) is 38.5 Å². The summed E-state index contributed by atoms with van der Waals surface area (Å²) in [5.41, 5.74) is 2.77. The first-order valence-corrected chi connectivity index (χ1v) is 8.06. The predicted octanol–water partition coefficient (Wildman–Crippen LogP) is 4.23. The molecule has 2 aliphatic rings. The smallest absolute Gasteiger partial charge is 0.124 e. The van der Waals surface area contributed by atoms with Crippen molar-refractivity contribution in [3.8, 4) is 5.75 Å². The number of benzene rings is 1. The molecule has 1 aliphatic carbocycles. The first-order chi connectivity index (χ1) is 9.53. The molecule has 0 aromatic heterocycles. The fourth-order valence-electron chi connectivity index (χ4n) is 3.84. The van der Waals surface area contributed by atoms with Gasteiger partial charge in [0.25, 0.3) is 0 Å². The molecule has 1 spiro atoms. The summed E-state index contributed by atoms with van der Waals surface area (Å²) >= 11 is 0. The van der Waals surface area contributed by atoms with Crippen LogP contribution in [0.15, 0.2) is 18.2 Å². The van der Waals surface area contributed by atoms with E-state index >= 15 is 0 Å². The number of rotatable bonds is 3. The van der Waals surface area contributed by atoms with Gasteiger partial charge in [0.15, 0.2) is 0 Å². The molecule has 1 aliphatic heterocycles. The van der Waals surface area contributed by atoms with Gasteiger partial charge in [0.05, 0.1) is 0 Å². The maximum atomic E-state index is 6.43. The molecule has 0 radical (unpaired) electrons. The van der Waals surface area contributed by atoms with E-state index in [1.165, 1.54) is 24.0 Å². The Bertz CT molecular complexity index is 488. The van der Waals surface area contributed by atoms with Crippen LogP contribution in [-0.2, 0) is 0 Å². The zero-order chi connectivity index (χ0) is 14.3. The third-order valence-corrected chi connectivity index (χ3v) is 5.11. The molecule has 2 nitrogen and oxygen atoms in total. The zero-order valence-electron chi connectivity index (χ0n) is 13.2. The lowest BCUT2D eigenvalue weighted by molar-refractivity contribution is -0.0872. The van der Waals surface area contributed by atoms with Crippen LogP contribution in [0.2, 0.25) is 0 Å². The fraction of sp³-hybridized carbons (Fsp3) is 0.667. The van der Waals surface area contributed by atoms with Crippen molar-refractivity contribution in [3.05, 3.63) is 29.3 Å². The van der Waals surface area contributed by atoms with Crippen LogP contribution in [0.4, 0.5) is 0 Å². The molecule has 1 atom stereocenters. The van der Waals surface area contributed by atoms with Crippen LogP contribution in [0, 0.1) is 18.8 Å². The summed E-state index contributed by atoms with van der Waals surface area (Å²) in [6.45, 7) is 10.0. The Kier molecular flexibility index (Phi) is 3.53. The van der Waals surface area contributed by atoms with Crippen LogP contribution in [0.1, 0.15) is 57.2 Å². The molecule has 0 saturated heterocycles. The molecule has 1 aromatic carbocycles. The molecule has 1 heterocycles. The Balaban J connectivity index is 1.85. The molecule has 2 heteroatoms. The zero-order valence-corrected chi connectivity index (χ0v) is 13.2. The highest BCUT2D eigenvalue weighted by Crippen LogP contribution is 2.53. The van der Waals surface area contributed by atoms with Crippen LogP contribution < -0.4 is 10.1 Å². The topological polar surface area (TPSA) is 21.3 Å². The molecule has 1 unspecified atom stereocenters. The lowest BCUT2D eigenvalue weighted by Crippen LogP contribution is -2.54. The normalized spacial score (nSPS) is 31.9. The summed E-state index contributed by atoms with van der Waals surface area (Å²) in [5.74, 6) is 2.72. The Labute approximate surface area is 122 Å². The van der Waals surface area contributed by atoms with Crippen LogP contribution >= 0.6 is 0 Å². The first kappa shape index (κ1) is 13.9. The third-order valence-electron chi connectivity index (χ3n) is 5.11. The van der Waals surface area contributed by atoms with Crippen LogP contribution in [0.5, 0.6) is 5.75 Å². The van der Waals surface area contributed by atoms with Gasteiger partial charge in [-0.2, -0.15) is 0 Å². The summed E-state index contributed by atoms with van der Waals surface area (Å²) in [6.07, 6.45) is 3.57. The van der Waals surface area contributed by atoms with E-state index in [-0.39, 0.29) is 5.60 Å². The van der Waals surface area contributed by atoms with Gasteiger partial charge in [-0.3, -0.25) is 0 Å². The van der Waals surface area contributed by atoms with Crippen molar-refractivity contribution >= 4 is 0 Å². The van der Waals surface area contributed by atoms with Gasteiger partial charge in [-0.25, -0.2) is 0 Å². The summed E-state index contributed by atoms with van der Waals surface area (Å²) in [5, 5.41) is 3.66. The highest BCUT2D eigenvalue weighted by molar-refractivity contribution is 5.42. The Morgan fingerprint density at radius 2 is 2.05 bits per heavy atom.